The molecule has 4 nitrogen and oxygen atoms in total. The highest BCUT2D eigenvalue weighted by molar-refractivity contribution is 5.82. The van der Waals surface area contributed by atoms with Crippen molar-refractivity contribution in [3.63, 3.8) is 0 Å². The molecule has 0 radical (unpaired) electrons. The highest BCUT2D eigenvalue weighted by Crippen LogP contribution is 2.32. The summed E-state index contributed by atoms with van der Waals surface area (Å²) in [6, 6.07) is 5.63. The summed E-state index contributed by atoms with van der Waals surface area (Å²) in [5.41, 5.74) is 2.63. The predicted octanol–water partition coefficient (Wildman–Crippen LogP) is 4.91. The van der Waals surface area contributed by atoms with E-state index in [9.17, 15) is 8.78 Å². The van der Waals surface area contributed by atoms with Crippen LogP contribution in [0.2, 0.25) is 0 Å². The Labute approximate surface area is 162 Å². The minimum absolute atomic E-state index is 0.162. The van der Waals surface area contributed by atoms with Gasteiger partial charge in [-0.15, -0.1) is 0 Å². The Morgan fingerprint density at radius 2 is 1.96 bits per heavy atom. The fraction of sp³-hybridized carbons (Fsp3) is 0.227. The lowest BCUT2D eigenvalue weighted by molar-refractivity contribution is 0.114. The molecule has 2 aliphatic rings. The molecule has 4 rings (SSSR count). The average molecular weight is 382 g/mol. The van der Waals surface area contributed by atoms with Crippen molar-refractivity contribution in [1.29, 1.82) is 0 Å². The third-order valence-electron chi connectivity index (χ3n) is 4.60. The van der Waals surface area contributed by atoms with Crippen LogP contribution in [0.25, 0.3) is 16.6 Å². The standard InChI is InChI=1S/C22H20F2N2O2/c1-27-10-11-28-18-8-9-26-17(14-18)4-2-3-5-21(26)20-7-6-15-12-16(23)13-19(24)22(15)25-20/h4-9,12-14H,2-3,10-11H2,1H3. The summed E-state index contributed by atoms with van der Waals surface area (Å²) in [6.45, 7) is 0.997. The Balaban J connectivity index is 1.66. The maximum Gasteiger partial charge on any atom is 0.152 e. The van der Waals surface area contributed by atoms with Crippen LogP contribution >= 0.6 is 0 Å². The van der Waals surface area contributed by atoms with Gasteiger partial charge in [0, 0.05) is 36.5 Å². The first kappa shape index (κ1) is 18.4. The van der Waals surface area contributed by atoms with Crippen LogP contribution in [0, 0.1) is 11.6 Å². The van der Waals surface area contributed by atoms with E-state index in [0.717, 1.165) is 36.1 Å². The number of aromatic nitrogens is 1. The number of hydrogen-bond donors (Lipinski definition) is 0. The second-order valence-corrected chi connectivity index (χ2v) is 6.53. The van der Waals surface area contributed by atoms with Crippen LogP contribution < -0.4 is 0 Å². The lowest BCUT2D eigenvalue weighted by atomic mass is 10.1. The third-order valence-corrected chi connectivity index (χ3v) is 4.60. The third kappa shape index (κ3) is 3.68. The van der Waals surface area contributed by atoms with Crippen molar-refractivity contribution < 1.29 is 18.3 Å². The second-order valence-electron chi connectivity index (χ2n) is 6.53. The Morgan fingerprint density at radius 1 is 1.11 bits per heavy atom. The van der Waals surface area contributed by atoms with Crippen molar-refractivity contribution >= 4 is 16.6 Å². The van der Waals surface area contributed by atoms with Gasteiger partial charge in [-0.1, -0.05) is 18.2 Å². The highest BCUT2D eigenvalue weighted by Gasteiger charge is 2.20. The molecule has 0 bridgehead atoms. The molecule has 0 spiro atoms. The zero-order valence-corrected chi connectivity index (χ0v) is 15.5. The van der Waals surface area contributed by atoms with Gasteiger partial charge in [-0.05, 0) is 31.1 Å². The van der Waals surface area contributed by atoms with Gasteiger partial charge in [-0.3, -0.25) is 0 Å². The normalized spacial score (nSPS) is 16.2. The number of benzene rings is 1. The summed E-state index contributed by atoms with van der Waals surface area (Å²) in [5.74, 6) is -0.512. The summed E-state index contributed by atoms with van der Waals surface area (Å²) in [4.78, 5) is 6.48. The van der Waals surface area contributed by atoms with Gasteiger partial charge >= 0.3 is 0 Å². The average Bonchev–Trinajstić information content (AvgIpc) is 2.90. The quantitative estimate of drug-likeness (QED) is 0.689. The first-order valence-corrected chi connectivity index (χ1v) is 9.13. The molecule has 6 heteroatoms. The van der Waals surface area contributed by atoms with E-state index < -0.39 is 11.6 Å². The van der Waals surface area contributed by atoms with Crippen molar-refractivity contribution in [3.05, 3.63) is 83.6 Å². The zero-order valence-electron chi connectivity index (χ0n) is 15.5. The first-order valence-electron chi connectivity index (χ1n) is 9.13. The Kier molecular flexibility index (Phi) is 5.21. The molecule has 0 N–H and O–H groups in total. The Morgan fingerprint density at radius 3 is 2.82 bits per heavy atom. The highest BCUT2D eigenvalue weighted by atomic mass is 19.1. The topological polar surface area (TPSA) is 34.6 Å². The summed E-state index contributed by atoms with van der Waals surface area (Å²) in [7, 11) is 1.63. The molecule has 1 aromatic heterocycles. The van der Waals surface area contributed by atoms with Crippen LogP contribution in [-0.2, 0) is 9.47 Å². The molecular formula is C22H20F2N2O2. The minimum atomic E-state index is -0.662. The summed E-state index contributed by atoms with van der Waals surface area (Å²) < 4.78 is 38.4. The SMILES string of the molecule is COCCOC1=CC2=CCCC=C(c3ccc4cc(F)cc(F)c4n3)N2C=C1. The number of methoxy groups -OCH3 is 1. The van der Waals surface area contributed by atoms with E-state index in [1.54, 1.807) is 19.2 Å². The van der Waals surface area contributed by atoms with Gasteiger partial charge in [0.1, 0.15) is 23.7 Å². The maximum atomic E-state index is 14.2. The largest absolute Gasteiger partial charge is 0.491 e. The lowest BCUT2D eigenvalue weighted by Crippen LogP contribution is -2.18. The van der Waals surface area contributed by atoms with Crippen LogP contribution in [0.5, 0.6) is 0 Å². The van der Waals surface area contributed by atoms with E-state index in [0.29, 0.717) is 24.3 Å². The van der Waals surface area contributed by atoms with Gasteiger partial charge in [-0.25, -0.2) is 13.8 Å². The van der Waals surface area contributed by atoms with E-state index in [1.165, 1.54) is 6.07 Å². The smallest absolute Gasteiger partial charge is 0.152 e. The molecule has 144 valence electrons. The fourth-order valence-electron chi connectivity index (χ4n) is 3.28. The van der Waals surface area contributed by atoms with Crippen LogP contribution in [0.1, 0.15) is 18.5 Å². The summed E-state index contributed by atoms with van der Waals surface area (Å²) in [6.07, 6.45) is 11.7. The van der Waals surface area contributed by atoms with Crippen molar-refractivity contribution in [2.75, 3.05) is 20.3 Å². The van der Waals surface area contributed by atoms with Crippen molar-refractivity contribution in [2.24, 2.45) is 0 Å². The van der Waals surface area contributed by atoms with E-state index in [2.05, 4.69) is 17.1 Å². The Bertz CT molecular complexity index is 1020. The molecule has 0 unspecified atom stereocenters. The molecule has 3 heterocycles. The van der Waals surface area contributed by atoms with Crippen LogP contribution in [0.4, 0.5) is 8.78 Å². The minimum Gasteiger partial charge on any atom is -0.491 e. The maximum absolute atomic E-state index is 14.2. The number of hydrogen-bond acceptors (Lipinski definition) is 4. The predicted molar refractivity (Wildman–Crippen MR) is 104 cm³/mol. The summed E-state index contributed by atoms with van der Waals surface area (Å²) in [5, 5.41) is 0.439. The number of halogens is 2. The zero-order chi connectivity index (χ0) is 19.5. The van der Waals surface area contributed by atoms with Gasteiger partial charge in [0.25, 0.3) is 0 Å². The first-order chi connectivity index (χ1) is 13.7. The van der Waals surface area contributed by atoms with Gasteiger partial charge in [0.15, 0.2) is 5.82 Å². The van der Waals surface area contributed by atoms with E-state index in [1.807, 2.05) is 23.3 Å². The molecule has 0 atom stereocenters. The molecule has 0 amide bonds. The molecule has 28 heavy (non-hydrogen) atoms. The van der Waals surface area contributed by atoms with Crippen molar-refractivity contribution in [2.45, 2.75) is 12.8 Å². The molecule has 2 aromatic rings. The number of nitrogens with zero attached hydrogens (tertiary/aromatic N) is 2. The number of pyridine rings is 1. The number of rotatable bonds is 5. The molecular weight excluding hydrogens is 362 g/mol. The molecule has 1 aromatic carbocycles. The molecule has 2 aliphatic heterocycles. The second kappa shape index (κ2) is 7.94. The van der Waals surface area contributed by atoms with Gasteiger partial charge in [-0.2, -0.15) is 0 Å². The molecule has 0 aliphatic carbocycles. The van der Waals surface area contributed by atoms with Crippen LogP contribution in [0.3, 0.4) is 0 Å². The lowest BCUT2D eigenvalue weighted by Gasteiger charge is -2.27. The van der Waals surface area contributed by atoms with Crippen molar-refractivity contribution in [1.82, 2.24) is 9.88 Å². The van der Waals surface area contributed by atoms with E-state index >= 15 is 0 Å². The molecule has 0 fully saturated rings. The molecule has 0 saturated heterocycles. The van der Waals surface area contributed by atoms with Gasteiger partial charge in [0.05, 0.1) is 18.0 Å². The van der Waals surface area contributed by atoms with Crippen LogP contribution in [0.15, 0.2) is 66.2 Å². The molecule has 0 saturated carbocycles. The van der Waals surface area contributed by atoms with Crippen LogP contribution in [-0.4, -0.2) is 30.2 Å². The monoisotopic (exact) mass is 382 g/mol. The number of fused-ring (bicyclic) bond motifs is 2. The van der Waals surface area contributed by atoms with Gasteiger partial charge in [0.2, 0.25) is 0 Å². The van der Waals surface area contributed by atoms with Gasteiger partial charge < -0.3 is 14.4 Å². The Hall–Kier alpha value is -2.99. The number of allylic oxidation sites excluding steroid dienone is 4. The van der Waals surface area contributed by atoms with Crippen molar-refractivity contribution in [3.8, 4) is 0 Å². The number of ether oxygens (including phenoxy) is 2. The fourth-order valence-corrected chi connectivity index (χ4v) is 3.28. The summed E-state index contributed by atoms with van der Waals surface area (Å²) >= 11 is 0. The van der Waals surface area contributed by atoms with E-state index in [4.69, 9.17) is 9.47 Å². The van der Waals surface area contributed by atoms with E-state index in [-0.39, 0.29) is 5.52 Å².